The highest BCUT2D eigenvalue weighted by molar-refractivity contribution is 5.91. The molecule has 1 aliphatic heterocycles. The highest BCUT2D eigenvalue weighted by atomic mass is 16.1. The van der Waals surface area contributed by atoms with Gasteiger partial charge in [-0.3, -0.25) is 14.7 Å². The molecule has 1 aliphatic rings. The molecule has 1 N–H and O–H groups in total. The van der Waals surface area contributed by atoms with Gasteiger partial charge in [0.25, 0.3) is 0 Å². The number of pyridine rings is 1. The molecule has 0 atom stereocenters. The molecule has 35 heavy (non-hydrogen) atoms. The van der Waals surface area contributed by atoms with E-state index < -0.39 is 0 Å². The third-order valence-electron chi connectivity index (χ3n) is 6.53. The molecule has 1 aromatic heterocycles. The molecule has 0 radical (unpaired) electrons. The molecule has 0 unspecified atom stereocenters. The summed E-state index contributed by atoms with van der Waals surface area (Å²) >= 11 is 0. The first kappa shape index (κ1) is 24.8. The second-order valence-electron chi connectivity index (χ2n) is 9.07. The number of carbonyl (C=O) groups is 1. The third-order valence-corrected chi connectivity index (χ3v) is 6.53. The Balaban J connectivity index is 1.21. The van der Waals surface area contributed by atoms with Crippen molar-refractivity contribution in [2.24, 2.45) is 0 Å². The normalized spacial score (nSPS) is 15.3. The van der Waals surface area contributed by atoms with Crippen LogP contribution in [0.25, 0.3) is 6.08 Å². The first-order valence-electron chi connectivity index (χ1n) is 12.7. The molecule has 1 fully saturated rings. The summed E-state index contributed by atoms with van der Waals surface area (Å²) in [5.41, 5.74) is 3.65. The van der Waals surface area contributed by atoms with Gasteiger partial charge in [-0.2, -0.15) is 0 Å². The maximum atomic E-state index is 12.0. The molecule has 1 amide bonds. The molecule has 5 nitrogen and oxygen atoms in total. The zero-order valence-electron chi connectivity index (χ0n) is 20.4. The van der Waals surface area contributed by atoms with Crippen LogP contribution in [0.1, 0.15) is 42.0 Å². The molecule has 0 spiro atoms. The van der Waals surface area contributed by atoms with Crippen molar-refractivity contribution in [1.82, 2.24) is 20.1 Å². The fourth-order valence-electron chi connectivity index (χ4n) is 4.73. The minimum absolute atomic E-state index is 0.0490. The van der Waals surface area contributed by atoms with Gasteiger partial charge >= 0.3 is 0 Å². The monoisotopic (exact) mass is 468 g/mol. The van der Waals surface area contributed by atoms with Gasteiger partial charge in [-0.15, -0.1) is 0 Å². The van der Waals surface area contributed by atoms with Gasteiger partial charge in [0.15, 0.2) is 0 Å². The Kier molecular flexibility index (Phi) is 9.63. The number of nitrogens with one attached hydrogen (secondary N) is 1. The van der Waals surface area contributed by atoms with Crippen molar-refractivity contribution in [3.8, 4) is 0 Å². The highest BCUT2D eigenvalue weighted by Gasteiger charge is 2.24. The summed E-state index contributed by atoms with van der Waals surface area (Å²) in [6, 6.07) is 25.8. The van der Waals surface area contributed by atoms with Crippen molar-refractivity contribution in [1.29, 1.82) is 0 Å². The van der Waals surface area contributed by atoms with Gasteiger partial charge in [0.05, 0.1) is 6.04 Å². The third kappa shape index (κ3) is 7.88. The van der Waals surface area contributed by atoms with Gasteiger partial charge in [0.1, 0.15) is 0 Å². The molecule has 2 heterocycles. The van der Waals surface area contributed by atoms with Crippen LogP contribution >= 0.6 is 0 Å². The average molecular weight is 469 g/mol. The number of carbonyl (C=O) groups excluding carboxylic acids is 1. The van der Waals surface area contributed by atoms with Crippen LogP contribution in [0.5, 0.6) is 0 Å². The van der Waals surface area contributed by atoms with Gasteiger partial charge < -0.3 is 10.2 Å². The molecule has 0 saturated carbocycles. The van der Waals surface area contributed by atoms with Crippen LogP contribution in [0.2, 0.25) is 0 Å². The second-order valence-corrected chi connectivity index (χ2v) is 9.07. The minimum Gasteiger partial charge on any atom is -0.353 e. The molecular weight excluding hydrogens is 432 g/mol. The van der Waals surface area contributed by atoms with Crippen molar-refractivity contribution < 1.29 is 4.79 Å². The minimum atomic E-state index is -0.0490. The molecule has 3 aromatic rings. The summed E-state index contributed by atoms with van der Waals surface area (Å²) in [6.07, 6.45) is 10.1. The smallest absolute Gasteiger partial charge is 0.243 e. The van der Waals surface area contributed by atoms with Gasteiger partial charge in [0.2, 0.25) is 5.91 Å². The standard InChI is InChI=1S/C30H36N4O/c35-29(17-16-26-11-9-18-31-25-26)32-19-7-8-20-33-21-10-22-34(24-23-33)30(27-12-3-1-4-13-27)28-14-5-2-6-15-28/h1-6,9,11-18,25,30H,7-8,10,19-24H2,(H,32,35). The number of unbranched alkanes of at least 4 members (excludes halogenated alkanes) is 1. The quantitative estimate of drug-likeness (QED) is 0.343. The van der Waals surface area contributed by atoms with Crippen LogP contribution in [0.15, 0.2) is 91.3 Å². The summed E-state index contributed by atoms with van der Waals surface area (Å²) in [4.78, 5) is 21.3. The lowest BCUT2D eigenvalue weighted by Gasteiger charge is -2.31. The predicted octanol–water partition coefficient (Wildman–Crippen LogP) is 4.79. The van der Waals surface area contributed by atoms with Crippen LogP contribution in [-0.2, 0) is 4.79 Å². The van der Waals surface area contributed by atoms with Crippen LogP contribution in [0.4, 0.5) is 0 Å². The first-order valence-corrected chi connectivity index (χ1v) is 12.7. The van der Waals surface area contributed by atoms with Crippen LogP contribution < -0.4 is 5.32 Å². The van der Waals surface area contributed by atoms with Crippen molar-refractivity contribution in [2.45, 2.75) is 25.3 Å². The Morgan fingerprint density at radius 2 is 1.63 bits per heavy atom. The zero-order valence-corrected chi connectivity index (χ0v) is 20.4. The lowest BCUT2D eigenvalue weighted by atomic mass is 9.97. The first-order chi connectivity index (χ1) is 17.3. The van der Waals surface area contributed by atoms with E-state index in [1.807, 2.05) is 12.1 Å². The summed E-state index contributed by atoms with van der Waals surface area (Å²) in [7, 11) is 0. The number of amides is 1. The lowest BCUT2D eigenvalue weighted by Crippen LogP contribution is -2.34. The summed E-state index contributed by atoms with van der Waals surface area (Å²) in [6.45, 7) is 6.16. The van der Waals surface area contributed by atoms with E-state index in [1.54, 1.807) is 24.5 Å². The molecule has 5 heteroatoms. The molecule has 2 aromatic carbocycles. The van der Waals surface area contributed by atoms with Crippen molar-refractivity contribution in [3.63, 3.8) is 0 Å². The predicted molar refractivity (Wildman–Crippen MR) is 143 cm³/mol. The van der Waals surface area contributed by atoms with Gasteiger partial charge in [-0.05, 0) is 61.2 Å². The van der Waals surface area contributed by atoms with Crippen LogP contribution in [-0.4, -0.2) is 60.0 Å². The van der Waals surface area contributed by atoms with Crippen molar-refractivity contribution >= 4 is 12.0 Å². The number of hydrogen-bond acceptors (Lipinski definition) is 4. The Morgan fingerprint density at radius 1 is 0.886 bits per heavy atom. The van der Waals surface area contributed by atoms with Crippen LogP contribution in [0.3, 0.4) is 0 Å². The summed E-state index contributed by atoms with van der Waals surface area (Å²) in [5.74, 6) is -0.0490. The lowest BCUT2D eigenvalue weighted by molar-refractivity contribution is -0.116. The number of benzene rings is 2. The number of rotatable bonds is 10. The maximum absolute atomic E-state index is 12.0. The Labute approximate surface area is 209 Å². The van der Waals surface area contributed by atoms with E-state index in [2.05, 4.69) is 80.8 Å². The number of hydrogen-bond donors (Lipinski definition) is 1. The van der Waals surface area contributed by atoms with Gasteiger partial charge in [-0.25, -0.2) is 0 Å². The fourth-order valence-corrected chi connectivity index (χ4v) is 4.73. The SMILES string of the molecule is O=C(C=Cc1cccnc1)NCCCCN1CCCN(C(c2ccccc2)c2ccccc2)CC1. The van der Waals surface area contributed by atoms with Crippen molar-refractivity contribution in [2.75, 3.05) is 39.3 Å². The molecule has 182 valence electrons. The topological polar surface area (TPSA) is 48.5 Å². The average Bonchev–Trinajstić information content (AvgIpc) is 3.15. The van der Waals surface area contributed by atoms with E-state index in [-0.39, 0.29) is 5.91 Å². The van der Waals surface area contributed by atoms with E-state index in [4.69, 9.17) is 0 Å². The van der Waals surface area contributed by atoms with Crippen LogP contribution in [0, 0.1) is 0 Å². The number of nitrogens with zero attached hydrogens (tertiary/aromatic N) is 3. The number of aromatic nitrogens is 1. The van der Waals surface area contributed by atoms with Crippen molar-refractivity contribution in [3.05, 3.63) is 108 Å². The van der Waals surface area contributed by atoms with E-state index in [9.17, 15) is 4.79 Å². The highest BCUT2D eigenvalue weighted by Crippen LogP contribution is 2.29. The second kappa shape index (κ2) is 13.6. The Bertz CT molecular complexity index is 1000. The zero-order chi connectivity index (χ0) is 24.1. The van der Waals surface area contributed by atoms with Gasteiger partial charge in [0, 0.05) is 44.6 Å². The molecule has 0 bridgehead atoms. The maximum Gasteiger partial charge on any atom is 0.243 e. The van der Waals surface area contributed by atoms with E-state index in [0.29, 0.717) is 12.6 Å². The Morgan fingerprint density at radius 3 is 2.31 bits per heavy atom. The Hall–Kier alpha value is -3.28. The molecule has 0 aliphatic carbocycles. The van der Waals surface area contributed by atoms with E-state index in [1.165, 1.54) is 17.5 Å². The summed E-state index contributed by atoms with van der Waals surface area (Å²) in [5, 5.41) is 2.99. The molecule has 4 rings (SSSR count). The van der Waals surface area contributed by atoms with Gasteiger partial charge in [-0.1, -0.05) is 66.7 Å². The van der Waals surface area contributed by atoms with E-state index in [0.717, 1.165) is 51.1 Å². The molecular formula is C30H36N4O. The fraction of sp³-hybridized carbons (Fsp3) is 0.333. The summed E-state index contributed by atoms with van der Waals surface area (Å²) < 4.78 is 0. The largest absolute Gasteiger partial charge is 0.353 e. The molecule has 1 saturated heterocycles. The van der Waals surface area contributed by atoms with E-state index >= 15 is 0 Å².